The van der Waals surface area contributed by atoms with Crippen molar-refractivity contribution in [3.63, 3.8) is 0 Å². The number of amides is 2. The van der Waals surface area contributed by atoms with Gasteiger partial charge in [0.05, 0.1) is 12.7 Å². The van der Waals surface area contributed by atoms with Crippen molar-refractivity contribution in [3.8, 4) is 5.75 Å². The van der Waals surface area contributed by atoms with Crippen molar-refractivity contribution in [3.05, 3.63) is 58.1 Å². The maximum Gasteiger partial charge on any atom is 0.259 e. The number of hydrogen-bond acceptors (Lipinski definition) is 3. The number of rotatable bonds is 6. The van der Waals surface area contributed by atoms with E-state index in [2.05, 4.69) is 21.2 Å². The molecule has 0 aromatic heterocycles. The molecule has 0 fully saturated rings. The smallest absolute Gasteiger partial charge is 0.259 e. The van der Waals surface area contributed by atoms with Gasteiger partial charge < -0.3 is 15.0 Å². The van der Waals surface area contributed by atoms with Crippen LogP contribution in [0.4, 0.5) is 5.69 Å². The summed E-state index contributed by atoms with van der Waals surface area (Å²) in [6, 6.07) is 12.8. The Bertz CT molecular complexity index is 775. The van der Waals surface area contributed by atoms with Gasteiger partial charge in [0.25, 0.3) is 5.91 Å². The maximum absolute atomic E-state index is 12.5. The van der Waals surface area contributed by atoms with Gasteiger partial charge >= 0.3 is 0 Å². The molecule has 0 aliphatic rings. The number of nitrogens with one attached hydrogen (secondary N) is 1. The molecule has 0 saturated carbocycles. The summed E-state index contributed by atoms with van der Waals surface area (Å²) in [6.07, 6.45) is 1.06. The third-order valence-electron chi connectivity index (χ3n) is 3.72. The first-order chi connectivity index (χ1) is 11.9. The van der Waals surface area contributed by atoms with Crippen LogP contribution in [0.5, 0.6) is 5.75 Å². The fourth-order valence-electron chi connectivity index (χ4n) is 2.34. The third kappa shape index (κ3) is 5.32. The molecule has 25 heavy (non-hydrogen) atoms. The van der Waals surface area contributed by atoms with Gasteiger partial charge in [-0.15, -0.1) is 0 Å². The molecule has 132 valence electrons. The van der Waals surface area contributed by atoms with Gasteiger partial charge in [-0.05, 0) is 42.3 Å². The number of nitrogens with zero attached hydrogens (tertiary/aromatic N) is 1. The largest absolute Gasteiger partial charge is 0.496 e. The molecule has 1 N–H and O–H groups in total. The van der Waals surface area contributed by atoms with Crippen LogP contribution in [0.25, 0.3) is 0 Å². The van der Waals surface area contributed by atoms with Crippen LogP contribution in [0, 0.1) is 0 Å². The molecule has 0 spiro atoms. The zero-order valence-electron chi connectivity index (χ0n) is 14.5. The fraction of sp³-hybridized carbons (Fsp3) is 0.263. The van der Waals surface area contributed by atoms with Crippen LogP contribution in [0.15, 0.2) is 46.9 Å². The lowest BCUT2D eigenvalue weighted by Gasteiger charge is -2.12. The first kappa shape index (κ1) is 19.0. The minimum Gasteiger partial charge on any atom is -0.496 e. The average Bonchev–Trinajstić information content (AvgIpc) is 2.59. The first-order valence-corrected chi connectivity index (χ1v) is 8.64. The van der Waals surface area contributed by atoms with E-state index in [0.29, 0.717) is 29.8 Å². The van der Waals surface area contributed by atoms with Crippen LogP contribution in [0.2, 0.25) is 0 Å². The van der Waals surface area contributed by atoms with Crippen molar-refractivity contribution in [1.82, 2.24) is 4.90 Å². The van der Waals surface area contributed by atoms with Gasteiger partial charge in [-0.1, -0.05) is 28.1 Å². The lowest BCUT2D eigenvalue weighted by Crippen LogP contribution is -2.21. The first-order valence-electron chi connectivity index (χ1n) is 7.84. The number of carbonyl (C=O) groups excluding carboxylic acids is 2. The third-order valence-corrected chi connectivity index (χ3v) is 4.21. The highest BCUT2D eigenvalue weighted by atomic mass is 79.9. The van der Waals surface area contributed by atoms with Crippen molar-refractivity contribution in [2.75, 3.05) is 26.5 Å². The van der Waals surface area contributed by atoms with Crippen LogP contribution in [-0.2, 0) is 11.2 Å². The standard InChI is InChI=1S/C19H21BrN2O3/c1-22(2)18(23)10-7-13-5-4-6-15(11-13)21-19(24)16-12-14(20)8-9-17(16)25-3/h4-6,8-9,11-12H,7,10H2,1-3H3,(H,21,24). The van der Waals surface area contributed by atoms with Gasteiger partial charge in [0, 0.05) is 30.7 Å². The van der Waals surface area contributed by atoms with Crippen molar-refractivity contribution in [2.45, 2.75) is 12.8 Å². The second kappa shape index (κ2) is 8.67. The van der Waals surface area contributed by atoms with Gasteiger partial charge in [0.2, 0.25) is 5.91 Å². The second-order valence-corrected chi connectivity index (χ2v) is 6.70. The summed E-state index contributed by atoms with van der Waals surface area (Å²) in [5.74, 6) is 0.335. The van der Waals surface area contributed by atoms with Crippen molar-refractivity contribution < 1.29 is 14.3 Å². The van der Waals surface area contributed by atoms with Crippen molar-refractivity contribution in [2.24, 2.45) is 0 Å². The molecule has 2 rings (SSSR count). The molecule has 2 aromatic carbocycles. The number of carbonyl (C=O) groups is 2. The highest BCUT2D eigenvalue weighted by Crippen LogP contribution is 2.24. The Balaban J connectivity index is 2.10. The lowest BCUT2D eigenvalue weighted by molar-refractivity contribution is -0.128. The summed E-state index contributed by atoms with van der Waals surface area (Å²) in [5.41, 5.74) is 2.13. The zero-order chi connectivity index (χ0) is 18.4. The highest BCUT2D eigenvalue weighted by molar-refractivity contribution is 9.10. The molecule has 6 heteroatoms. The number of methoxy groups -OCH3 is 1. The van der Waals surface area contributed by atoms with E-state index in [0.717, 1.165) is 10.0 Å². The number of aryl methyl sites for hydroxylation is 1. The minimum absolute atomic E-state index is 0.0771. The zero-order valence-corrected chi connectivity index (χ0v) is 16.1. The second-order valence-electron chi connectivity index (χ2n) is 5.79. The Morgan fingerprint density at radius 1 is 1.16 bits per heavy atom. The maximum atomic E-state index is 12.5. The molecule has 0 radical (unpaired) electrons. The van der Waals surface area contributed by atoms with Gasteiger partial charge in [-0.2, -0.15) is 0 Å². The summed E-state index contributed by atoms with van der Waals surface area (Å²) in [7, 11) is 5.01. The number of benzene rings is 2. The summed E-state index contributed by atoms with van der Waals surface area (Å²) in [5, 5.41) is 2.88. The number of hydrogen-bond donors (Lipinski definition) is 1. The van der Waals surface area contributed by atoms with Gasteiger partial charge in [0.15, 0.2) is 0 Å². The minimum atomic E-state index is -0.250. The Morgan fingerprint density at radius 3 is 2.60 bits per heavy atom. The summed E-state index contributed by atoms with van der Waals surface area (Å²) in [6.45, 7) is 0. The van der Waals surface area contributed by atoms with Gasteiger partial charge in [0.1, 0.15) is 5.75 Å². The molecule has 0 aliphatic carbocycles. The Morgan fingerprint density at radius 2 is 1.92 bits per heavy atom. The van der Waals surface area contributed by atoms with Gasteiger partial charge in [-0.25, -0.2) is 0 Å². The van der Waals surface area contributed by atoms with E-state index in [1.165, 1.54) is 7.11 Å². The quantitative estimate of drug-likeness (QED) is 0.797. The summed E-state index contributed by atoms with van der Waals surface area (Å²) >= 11 is 3.37. The molecule has 2 aromatic rings. The molecule has 0 unspecified atom stereocenters. The molecule has 0 bridgehead atoms. The van der Waals surface area contributed by atoms with E-state index in [4.69, 9.17) is 4.74 Å². The average molecular weight is 405 g/mol. The van der Waals surface area contributed by atoms with Crippen LogP contribution in [0.3, 0.4) is 0 Å². The molecule has 0 atom stereocenters. The SMILES string of the molecule is COc1ccc(Br)cc1C(=O)Nc1cccc(CCC(=O)N(C)C)c1. The summed E-state index contributed by atoms with van der Waals surface area (Å²) in [4.78, 5) is 25.8. The van der Waals surface area contributed by atoms with E-state index < -0.39 is 0 Å². The van der Waals surface area contributed by atoms with E-state index in [1.54, 1.807) is 31.1 Å². The molecule has 0 aliphatic heterocycles. The predicted molar refractivity (Wildman–Crippen MR) is 102 cm³/mol. The van der Waals surface area contributed by atoms with Crippen LogP contribution in [0.1, 0.15) is 22.3 Å². The normalized spacial score (nSPS) is 10.2. The summed E-state index contributed by atoms with van der Waals surface area (Å²) < 4.78 is 6.05. The Labute approximate surface area is 156 Å². The van der Waals surface area contributed by atoms with Crippen LogP contribution >= 0.6 is 15.9 Å². The molecule has 0 saturated heterocycles. The Hall–Kier alpha value is -2.34. The van der Waals surface area contributed by atoms with E-state index in [-0.39, 0.29) is 11.8 Å². The number of anilines is 1. The predicted octanol–water partition coefficient (Wildman–Crippen LogP) is 3.73. The van der Waals surface area contributed by atoms with Crippen molar-refractivity contribution in [1.29, 1.82) is 0 Å². The van der Waals surface area contributed by atoms with E-state index in [1.807, 2.05) is 30.3 Å². The molecule has 5 nitrogen and oxygen atoms in total. The topological polar surface area (TPSA) is 58.6 Å². The van der Waals surface area contributed by atoms with Crippen LogP contribution in [-0.4, -0.2) is 37.9 Å². The Kier molecular flexibility index (Phi) is 6.58. The molecule has 0 heterocycles. The molecular formula is C19H21BrN2O3. The lowest BCUT2D eigenvalue weighted by atomic mass is 10.1. The highest BCUT2D eigenvalue weighted by Gasteiger charge is 2.13. The van der Waals surface area contributed by atoms with Gasteiger partial charge in [-0.3, -0.25) is 9.59 Å². The molecule has 2 amide bonds. The fourth-order valence-corrected chi connectivity index (χ4v) is 2.70. The monoisotopic (exact) mass is 404 g/mol. The number of halogens is 1. The van der Waals surface area contributed by atoms with Crippen molar-refractivity contribution >= 4 is 33.4 Å². The van der Waals surface area contributed by atoms with Crippen LogP contribution < -0.4 is 10.1 Å². The molecular weight excluding hydrogens is 384 g/mol. The number of ether oxygens (including phenoxy) is 1. The van der Waals surface area contributed by atoms with E-state index >= 15 is 0 Å². The van der Waals surface area contributed by atoms with E-state index in [9.17, 15) is 9.59 Å².